The van der Waals surface area contributed by atoms with Crippen molar-refractivity contribution in [2.24, 2.45) is 0 Å². The van der Waals surface area contributed by atoms with Crippen molar-refractivity contribution in [3.63, 3.8) is 0 Å². The molecule has 20 heavy (non-hydrogen) atoms. The lowest BCUT2D eigenvalue weighted by atomic mass is 10.3. The van der Waals surface area contributed by atoms with Gasteiger partial charge in [0.1, 0.15) is 0 Å². The largest absolute Gasteiger partial charge is 0.394 e. The minimum atomic E-state index is -0.125. The van der Waals surface area contributed by atoms with E-state index in [4.69, 9.17) is 45.0 Å². The molecule has 0 amide bonds. The van der Waals surface area contributed by atoms with Crippen molar-refractivity contribution < 1.29 is 10.2 Å². The first kappa shape index (κ1) is 16.9. The third-order valence-electron chi connectivity index (χ3n) is 1.80. The van der Waals surface area contributed by atoms with Crippen molar-refractivity contribution in [2.45, 2.75) is 0 Å². The molecule has 1 aromatic carbocycles. The highest BCUT2D eigenvalue weighted by Crippen LogP contribution is 2.23. The summed E-state index contributed by atoms with van der Waals surface area (Å²) in [4.78, 5) is 11.4. The summed E-state index contributed by atoms with van der Waals surface area (Å²) < 4.78 is 0. The van der Waals surface area contributed by atoms with E-state index in [2.05, 4.69) is 20.3 Å². The van der Waals surface area contributed by atoms with Crippen LogP contribution < -0.4 is 5.32 Å². The van der Waals surface area contributed by atoms with Crippen molar-refractivity contribution in [2.75, 3.05) is 18.5 Å². The summed E-state index contributed by atoms with van der Waals surface area (Å²) in [6, 6.07) is 7.18. The average molecular weight is 338 g/mol. The minimum Gasteiger partial charge on any atom is -0.394 e. The maximum Gasteiger partial charge on any atom is 0.232 e. The molecule has 0 aliphatic carbocycles. The van der Waals surface area contributed by atoms with Crippen LogP contribution >= 0.6 is 34.8 Å². The fraction of sp³-hybridized carbons (Fsp3) is 0.182. The molecular weight excluding hydrogens is 327 g/mol. The zero-order valence-electron chi connectivity index (χ0n) is 10.1. The maximum atomic E-state index is 7.62. The van der Waals surface area contributed by atoms with Crippen LogP contribution in [-0.4, -0.2) is 38.4 Å². The first-order valence-corrected chi connectivity index (χ1v) is 6.50. The first-order chi connectivity index (χ1) is 9.56. The van der Waals surface area contributed by atoms with Crippen molar-refractivity contribution in [3.05, 3.63) is 39.9 Å². The molecule has 1 aromatic heterocycles. The molecule has 0 aliphatic heterocycles. The fourth-order valence-electron chi connectivity index (χ4n) is 1.06. The van der Waals surface area contributed by atoms with Gasteiger partial charge in [-0.15, -0.1) is 0 Å². The number of halogens is 3. The van der Waals surface area contributed by atoms with Crippen LogP contribution in [0.4, 0.5) is 11.6 Å². The number of anilines is 2. The van der Waals surface area contributed by atoms with Crippen LogP contribution in [0.15, 0.2) is 24.3 Å². The van der Waals surface area contributed by atoms with Crippen LogP contribution in [0.3, 0.4) is 0 Å². The lowest BCUT2D eigenvalue weighted by Gasteiger charge is -2.06. The zero-order chi connectivity index (χ0) is 15.0. The summed E-state index contributed by atoms with van der Waals surface area (Å²) in [6.45, 7) is -0.250. The number of benzene rings is 1. The average Bonchev–Trinajstić information content (AvgIpc) is 2.41. The van der Waals surface area contributed by atoms with Gasteiger partial charge in [0.2, 0.25) is 16.5 Å². The molecule has 6 nitrogen and oxygen atoms in total. The highest BCUT2D eigenvalue weighted by atomic mass is 35.5. The number of aliphatic hydroxyl groups excluding tert-OH is 2. The van der Waals surface area contributed by atoms with E-state index < -0.39 is 0 Å². The third kappa shape index (κ3) is 5.85. The van der Waals surface area contributed by atoms with Gasteiger partial charge in [-0.1, -0.05) is 23.7 Å². The normalized spacial score (nSPS) is 9.65. The summed E-state index contributed by atoms with van der Waals surface area (Å²) in [5, 5.41) is 18.7. The number of rotatable bonds is 3. The number of para-hydroxylation sites is 1. The molecule has 0 saturated heterocycles. The Kier molecular flexibility index (Phi) is 7.50. The minimum absolute atomic E-state index is 0.0227. The quantitative estimate of drug-likeness (QED) is 0.797. The monoisotopic (exact) mass is 336 g/mol. The summed E-state index contributed by atoms with van der Waals surface area (Å²) in [5.74, 6) is 0.248. The highest BCUT2D eigenvalue weighted by Gasteiger charge is 2.05. The molecule has 2 rings (SSSR count). The van der Waals surface area contributed by atoms with Crippen LogP contribution in [0.2, 0.25) is 15.6 Å². The third-order valence-corrected chi connectivity index (χ3v) is 2.47. The summed E-state index contributed by atoms with van der Waals surface area (Å²) in [6.07, 6.45) is 0. The van der Waals surface area contributed by atoms with Crippen LogP contribution in [0.5, 0.6) is 0 Å². The number of nitrogens with one attached hydrogen (secondary N) is 1. The number of aliphatic hydroxyl groups is 2. The lowest BCUT2D eigenvalue weighted by Crippen LogP contribution is -1.99. The SMILES string of the molecule is Clc1nc(Cl)nc(Nc2ccccc2Cl)n1.OCCO. The topological polar surface area (TPSA) is 91.2 Å². The predicted octanol–water partition coefficient (Wildman–Crippen LogP) is 2.55. The highest BCUT2D eigenvalue weighted by molar-refractivity contribution is 6.33. The molecular formula is C11H11Cl3N4O2. The van der Waals surface area contributed by atoms with Crippen molar-refractivity contribution in [1.82, 2.24) is 15.0 Å². The van der Waals surface area contributed by atoms with Crippen LogP contribution in [0.1, 0.15) is 0 Å². The van der Waals surface area contributed by atoms with E-state index in [1.54, 1.807) is 12.1 Å². The molecule has 0 radical (unpaired) electrons. The Morgan fingerprint density at radius 3 is 1.95 bits per heavy atom. The molecule has 9 heteroatoms. The van der Waals surface area contributed by atoms with Gasteiger partial charge in [0.15, 0.2) is 0 Å². The molecule has 0 spiro atoms. The van der Waals surface area contributed by atoms with E-state index in [9.17, 15) is 0 Å². The molecule has 1 heterocycles. The molecule has 0 atom stereocenters. The van der Waals surface area contributed by atoms with Crippen molar-refractivity contribution >= 4 is 46.4 Å². The van der Waals surface area contributed by atoms with Crippen molar-refractivity contribution in [1.29, 1.82) is 0 Å². The van der Waals surface area contributed by atoms with Gasteiger partial charge in [-0.3, -0.25) is 0 Å². The number of nitrogens with zero attached hydrogens (tertiary/aromatic N) is 3. The van der Waals surface area contributed by atoms with Crippen molar-refractivity contribution in [3.8, 4) is 0 Å². The standard InChI is InChI=1S/C9H5Cl3N4.C2H6O2/c10-5-3-1-2-4-6(5)13-9-15-7(11)14-8(12)16-9;3-1-2-4/h1-4H,(H,13,14,15,16);3-4H,1-2H2. The Labute approximate surface area is 130 Å². The van der Waals surface area contributed by atoms with Gasteiger partial charge in [0, 0.05) is 0 Å². The van der Waals surface area contributed by atoms with Crippen LogP contribution in [0.25, 0.3) is 0 Å². The predicted molar refractivity (Wildman–Crippen MR) is 78.8 cm³/mol. The molecule has 0 bridgehead atoms. The van der Waals surface area contributed by atoms with Gasteiger partial charge in [0.05, 0.1) is 23.9 Å². The Morgan fingerprint density at radius 1 is 0.900 bits per heavy atom. The first-order valence-electron chi connectivity index (χ1n) is 5.37. The number of hydrogen-bond donors (Lipinski definition) is 3. The van der Waals surface area contributed by atoms with E-state index in [1.807, 2.05) is 12.1 Å². The van der Waals surface area contributed by atoms with E-state index >= 15 is 0 Å². The second-order valence-electron chi connectivity index (χ2n) is 3.25. The maximum absolute atomic E-state index is 7.62. The molecule has 108 valence electrons. The molecule has 2 aromatic rings. The van der Waals surface area contributed by atoms with E-state index in [0.717, 1.165) is 0 Å². The zero-order valence-corrected chi connectivity index (χ0v) is 12.4. The van der Waals surface area contributed by atoms with Gasteiger partial charge in [0.25, 0.3) is 0 Å². The molecule has 0 saturated carbocycles. The van der Waals surface area contributed by atoms with Gasteiger partial charge in [-0.25, -0.2) is 0 Å². The summed E-state index contributed by atoms with van der Waals surface area (Å²) in [5.41, 5.74) is 0.669. The van der Waals surface area contributed by atoms with E-state index in [1.165, 1.54) is 0 Å². The molecule has 0 fully saturated rings. The molecule has 3 N–H and O–H groups in total. The van der Waals surface area contributed by atoms with E-state index in [-0.39, 0.29) is 29.7 Å². The van der Waals surface area contributed by atoms with E-state index in [0.29, 0.717) is 10.7 Å². The lowest BCUT2D eigenvalue weighted by molar-refractivity contribution is 0.186. The fourth-order valence-corrected chi connectivity index (χ4v) is 1.61. The second kappa shape index (κ2) is 8.89. The van der Waals surface area contributed by atoms with Gasteiger partial charge in [-0.05, 0) is 35.3 Å². The van der Waals surface area contributed by atoms with Gasteiger partial charge < -0.3 is 15.5 Å². The summed E-state index contributed by atoms with van der Waals surface area (Å²) in [7, 11) is 0. The number of aromatic nitrogens is 3. The Bertz CT molecular complexity index is 535. The summed E-state index contributed by atoms with van der Waals surface area (Å²) >= 11 is 17.2. The molecule has 0 aliphatic rings. The van der Waals surface area contributed by atoms with Crippen LogP contribution in [0, 0.1) is 0 Å². The number of hydrogen-bond acceptors (Lipinski definition) is 6. The Balaban J connectivity index is 0.000000444. The second-order valence-corrected chi connectivity index (χ2v) is 4.33. The smallest absolute Gasteiger partial charge is 0.232 e. The Hall–Kier alpha value is -1.18. The van der Waals surface area contributed by atoms with Crippen LogP contribution in [-0.2, 0) is 0 Å². The molecule has 0 unspecified atom stereocenters. The Morgan fingerprint density at radius 2 is 1.45 bits per heavy atom. The van der Waals surface area contributed by atoms with Gasteiger partial charge >= 0.3 is 0 Å². The van der Waals surface area contributed by atoms with Gasteiger partial charge in [-0.2, -0.15) is 15.0 Å².